The van der Waals surface area contributed by atoms with Crippen LogP contribution >= 0.6 is 11.6 Å². The van der Waals surface area contributed by atoms with Crippen LogP contribution in [0.4, 0.5) is 8.78 Å². The third-order valence-electron chi connectivity index (χ3n) is 5.58. The monoisotopic (exact) mass is 391 g/mol. The van der Waals surface area contributed by atoms with Crippen molar-refractivity contribution in [2.24, 2.45) is 0 Å². The number of rotatable bonds is 4. The van der Waals surface area contributed by atoms with Gasteiger partial charge in [-0.15, -0.1) is 0 Å². The average Bonchev–Trinajstić information content (AvgIpc) is 2.60. The van der Waals surface area contributed by atoms with Crippen LogP contribution in [0.1, 0.15) is 49.1 Å². The molecular formula is C21H20ClF2NO2. The molecule has 0 saturated heterocycles. The van der Waals surface area contributed by atoms with Crippen LogP contribution in [0, 0.1) is 11.6 Å². The lowest BCUT2D eigenvalue weighted by atomic mass is 9.70. The lowest BCUT2D eigenvalue weighted by Crippen LogP contribution is -2.47. The van der Waals surface area contributed by atoms with Crippen molar-refractivity contribution >= 4 is 17.5 Å². The summed E-state index contributed by atoms with van der Waals surface area (Å²) < 4.78 is 33.7. The molecule has 0 aromatic heterocycles. The number of benzene rings is 2. The number of fused-ring (bicyclic) bond motifs is 1. The highest BCUT2D eigenvalue weighted by atomic mass is 35.5. The number of amides is 1. The molecule has 1 heterocycles. The summed E-state index contributed by atoms with van der Waals surface area (Å²) in [6.07, 6.45) is 4.06. The molecule has 3 nitrogen and oxygen atoms in total. The van der Waals surface area contributed by atoms with Crippen molar-refractivity contribution < 1.29 is 18.3 Å². The van der Waals surface area contributed by atoms with Gasteiger partial charge >= 0.3 is 0 Å². The number of ether oxygens (including phenoxy) is 1. The molecule has 2 aromatic carbocycles. The van der Waals surface area contributed by atoms with Gasteiger partial charge in [0.2, 0.25) is 5.91 Å². The molecule has 1 atom stereocenters. The Hall–Kier alpha value is -2.14. The molecule has 4 rings (SSSR count). The second-order valence-electron chi connectivity index (χ2n) is 7.40. The van der Waals surface area contributed by atoms with Gasteiger partial charge in [-0.05, 0) is 61.6 Å². The van der Waals surface area contributed by atoms with Crippen LogP contribution in [0.2, 0.25) is 5.02 Å². The van der Waals surface area contributed by atoms with Gasteiger partial charge in [0, 0.05) is 29.5 Å². The molecule has 0 radical (unpaired) electrons. The fourth-order valence-electron chi connectivity index (χ4n) is 4.01. The van der Waals surface area contributed by atoms with E-state index in [1.807, 2.05) is 12.1 Å². The minimum atomic E-state index is -0.660. The van der Waals surface area contributed by atoms with Crippen LogP contribution in [0.3, 0.4) is 0 Å². The van der Waals surface area contributed by atoms with Crippen LogP contribution < -0.4 is 10.1 Å². The van der Waals surface area contributed by atoms with Crippen molar-refractivity contribution in [3.8, 4) is 5.75 Å². The van der Waals surface area contributed by atoms with Crippen LogP contribution in [0.15, 0.2) is 36.4 Å². The number of hydrogen-bond donors (Lipinski definition) is 1. The van der Waals surface area contributed by atoms with Gasteiger partial charge in [0.1, 0.15) is 23.0 Å². The van der Waals surface area contributed by atoms with Gasteiger partial charge in [0.25, 0.3) is 0 Å². The number of carbonyl (C=O) groups is 1. The van der Waals surface area contributed by atoms with E-state index in [2.05, 4.69) is 5.32 Å². The Balaban J connectivity index is 1.48. The third-order valence-corrected chi connectivity index (χ3v) is 5.81. The largest absolute Gasteiger partial charge is 0.487 e. The molecule has 2 aliphatic rings. The molecule has 1 fully saturated rings. The number of carbonyl (C=O) groups excluding carboxylic acids is 1. The molecule has 1 aliphatic heterocycles. The Morgan fingerprint density at radius 2 is 1.96 bits per heavy atom. The van der Waals surface area contributed by atoms with E-state index in [1.54, 1.807) is 6.07 Å². The first-order valence-electron chi connectivity index (χ1n) is 9.14. The van der Waals surface area contributed by atoms with Crippen LogP contribution in [-0.2, 0) is 11.3 Å². The van der Waals surface area contributed by atoms with E-state index < -0.39 is 11.6 Å². The Kier molecular flexibility index (Phi) is 4.81. The molecule has 1 aliphatic carbocycles. The van der Waals surface area contributed by atoms with Crippen molar-refractivity contribution in [2.45, 2.75) is 50.2 Å². The fourth-order valence-corrected chi connectivity index (χ4v) is 4.19. The topological polar surface area (TPSA) is 38.3 Å². The van der Waals surface area contributed by atoms with E-state index in [9.17, 15) is 13.6 Å². The Morgan fingerprint density at radius 3 is 2.63 bits per heavy atom. The molecule has 1 spiro atoms. The first-order valence-corrected chi connectivity index (χ1v) is 9.52. The Morgan fingerprint density at radius 1 is 1.22 bits per heavy atom. The van der Waals surface area contributed by atoms with E-state index in [0.717, 1.165) is 37.0 Å². The van der Waals surface area contributed by atoms with E-state index in [0.29, 0.717) is 5.02 Å². The summed E-state index contributed by atoms with van der Waals surface area (Å²) >= 11 is 6.13. The first kappa shape index (κ1) is 18.2. The van der Waals surface area contributed by atoms with E-state index >= 15 is 0 Å². The molecule has 6 heteroatoms. The molecule has 1 unspecified atom stereocenters. The molecule has 1 saturated carbocycles. The molecule has 142 valence electrons. The van der Waals surface area contributed by atoms with Gasteiger partial charge in [0.15, 0.2) is 0 Å². The van der Waals surface area contributed by atoms with Crippen molar-refractivity contribution in [3.05, 3.63) is 64.2 Å². The Bertz CT molecular complexity index is 862. The maximum absolute atomic E-state index is 13.7. The van der Waals surface area contributed by atoms with Gasteiger partial charge in [-0.2, -0.15) is 0 Å². The highest BCUT2D eigenvalue weighted by Gasteiger charge is 2.45. The van der Waals surface area contributed by atoms with E-state index in [-0.39, 0.29) is 36.0 Å². The van der Waals surface area contributed by atoms with E-state index in [1.165, 1.54) is 18.2 Å². The highest BCUT2D eigenvalue weighted by Crippen LogP contribution is 2.51. The second-order valence-corrected chi connectivity index (χ2v) is 7.84. The lowest BCUT2D eigenvalue weighted by Gasteiger charge is -2.48. The van der Waals surface area contributed by atoms with Gasteiger partial charge in [0.05, 0.1) is 0 Å². The average molecular weight is 392 g/mol. The van der Waals surface area contributed by atoms with Crippen molar-refractivity contribution in [2.75, 3.05) is 0 Å². The normalized spacial score (nSPS) is 19.7. The zero-order valence-corrected chi connectivity index (χ0v) is 15.5. The zero-order chi connectivity index (χ0) is 19.0. The first-order chi connectivity index (χ1) is 13.0. The van der Waals surface area contributed by atoms with Crippen LogP contribution in [0.5, 0.6) is 5.75 Å². The molecule has 1 amide bonds. The Labute approximate surface area is 161 Å². The summed E-state index contributed by atoms with van der Waals surface area (Å²) in [4.78, 5) is 12.5. The van der Waals surface area contributed by atoms with Crippen LogP contribution in [0.25, 0.3) is 0 Å². The third kappa shape index (κ3) is 3.65. The van der Waals surface area contributed by atoms with Crippen molar-refractivity contribution in [1.82, 2.24) is 5.32 Å². The number of hydrogen-bond acceptors (Lipinski definition) is 2. The quantitative estimate of drug-likeness (QED) is 0.786. The maximum atomic E-state index is 13.7. The van der Waals surface area contributed by atoms with Gasteiger partial charge in [-0.1, -0.05) is 17.7 Å². The molecule has 2 aromatic rings. The van der Waals surface area contributed by atoms with E-state index in [4.69, 9.17) is 16.3 Å². The van der Waals surface area contributed by atoms with Crippen molar-refractivity contribution in [3.63, 3.8) is 0 Å². The summed E-state index contributed by atoms with van der Waals surface area (Å²) in [7, 11) is 0. The molecular weight excluding hydrogens is 372 g/mol. The zero-order valence-electron chi connectivity index (χ0n) is 14.7. The SMILES string of the molecule is O=C(CC1CC2(CCC2)Oc2ccc(Cl)cc21)NCc1c(F)cccc1F. The highest BCUT2D eigenvalue weighted by molar-refractivity contribution is 6.30. The van der Waals surface area contributed by atoms with Gasteiger partial charge in [-0.25, -0.2) is 8.78 Å². The minimum absolute atomic E-state index is 0.0294. The van der Waals surface area contributed by atoms with Gasteiger partial charge in [-0.3, -0.25) is 4.79 Å². The van der Waals surface area contributed by atoms with Crippen molar-refractivity contribution in [1.29, 1.82) is 0 Å². The summed E-state index contributed by atoms with van der Waals surface area (Å²) in [6.45, 7) is -0.173. The second kappa shape index (κ2) is 7.12. The lowest BCUT2D eigenvalue weighted by molar-refractivity contribution is -0.122. The van der Waals surface area contributed by atoms with Gasteiger partial charge < -0.3 is 10.1 Å². The molecule has 1 N–H and O–H groups in total. The predicted octanol–water partition coefficient (Wildman–Crippen LogP) is 5.11. The maximum Gasteiger partial charge on any atom is 0.220 e. The summed E-state index contributed by atoms with van der Waals surface area (Å²) in [5.41, 5.74) is 0.604. The number of nitrogens with one attached hydrogen (secondary N) is 1. The van der Waals surface area contributed by atoms with Crippen LogP contribution in [-0.4, -0.2) is 11.5 Å². The molecule has 0 bridgehead atoms. The molecule has 27 heavy (non-hydrogen) atoms. The predicted molar refractivity (Wildman–Crippen MR) is 98.8 cm³/mol. The summed E-state index contributed by atoms with van der Waals surface area (Å²) in [6, 6.07) is 9.16. The minimum Gasteiger partial charge on any atom is -0.487 e. The fraction of sp³-hybridized carbons (Fsp3) is 0.381. The summed E-state index contributed by atoms with van der Waals surface area (Å²) in [5, 5.41) is 3.24. The summed E-state index contributed by atoms with van der Waals surface area (Å²) in [5.74, 6) is -0.815. The smallest absolute Gasteiger partial charge is 0.220 e. The standard InChI is InChI=1S/C21H20ClF2NO2/c22-14-5-6-19-15(10-14)13(11-21(27-19)7-2-8-21)9-20(26)25-12-16-17(23)3-1-4-18(16)24/h1,3-6,10,13H,2,7-9,11-12H2,(H,25,26). The number of halogens is 3.